The van der Waals surface area contributed by atoms with E-state index >= 15 is 0 Å². The Balaban J connectivity index is 1.53. The quantitative estimate of drug-likeness (QED) is 0.445. The van der Waals surface area contributed by atoms with Crippen molar-refractivity contribution in [2.24, 2.45) is 5.92 Å². The summed E-state index contributed by atoms with van der Waals surface area (Å²) < 4.78 is 28.5. The molecule has 0 fully saturated rings. The minimum Gasteiger partial charge on any atom is -0.378 e. The lowest BCUT2D eigenvalue weighted by molar-refractivity contribution is 0.425. The second-order valence-electron chi connectivity index (χ2n) is 8.28. The Morgan fingerprint density at radius 3 is 2.50 bits per heavy atom. The number of sulfonamides is 1. The second kappa shape index (κ2) is 8.30. The second-order valence-corrected chi connectivity index (χ2v) is 10.6. The van der Waals surface area contributed by atoms with Crippen LogP contribution >= 0.6 is 11.6 Å². The first-order valence-corrected chi connectivity index (χ1v) is 12.7. The van der Waals surface area contributed by atoms with Crippen LogP contribution in [0.2, 0.25) is 5.02 Å². The van der Waals surface area contributed by atoms with Crippen LogP contribution in [0.3, 0.4) is 0 Å². The highest BCUT2D eigenvalue weighted by Crippen LogP contribution is 2.50. The van der Waals surface area contributed by atoms with Crippen molar-refractivity contribution in [2.45, 2.75) is 30.2 Å². The molecule has 0 amide bonds. The van der Waals surface area contributed by atoms with Crippen molar-refractivity contribution in [3.05, 3.63) is 101 Å². The molecule has 3 aromatic carbocycles. The fraction of sp³-hybridized carbons (Fsp3) is 0.231. The predicted molar refractivity (Wildman–Crippen MR) is 131 cm³/mol. The van der Waals surface area contributed by atoms with Gasteiger partial charge in [0.25, 0.3) is 10.0 Å². The summed E-state index contributed by atoms with van der Waals surface area (Å²) in [6.07, 6.45) is 5.38. The number of hydrogen-bond donors (Lipinski definition) is 1. The molecule has 1 aliphatic heterocycles. The molecule has 0 bridgehead atoms. The van der Waals surface area contributed by atoms with E-state index in [2.05, 4.69) is 29.6 Å². The molecule has 0 aromatic heterocycles. The molecule has 164 valence electrons. The highest BCUT2D eigenvalue weighted by Gasteiger charge is 2.38. The van der Waals surface area contributed by atoms with E-state index in [1.54, 1.807) is 6.07 Å². The van der Waals surface area contributed by atoms with E-state index in [9.17, 15) is 8.42 Å². The number of hydrogen-bond acceptors (Lipinski definition) is 3. The molecule has 4 nitrogen and oxygen atoms in total. The van der Waals surface area contributed by atoms with E-state index in [4.69, 9.17) is 11.6 Å². The Bertz CT molecular complexity index is 1260. The van der Waals surface area contributed by atoms with Gasteiger partial charge in [-0.2, -0.15) is 0 Å². The molecule has 0 saturated carbocycles. The number of allylic oxidation sites excluding steroid dienone is 2. The van der Waals surface area contributed by atoms with Gasteiger partial charge in [0.2, 0.25) is 0 Å². The summed E-state index contributed by atoms with van der Waals surface area (Å²) >= 11 is 6.09. The molecule has 1 N–H and O–H groups in total. The van der Waals surface area contributed by atoms with Crippen molar-refractivity contribution in [3.63, 3.8) is 0 Å². The zero-order valence-corrected chi connectivity index (χ0v) is 19.4. The third-order valence-electron chi connectivity index (χ3n) is 6.48. The highest BCUT2D eigenvalue weighted by atomic mass is 35.5. The van der Waals surface area contributed by atoms with Gasteiger partial charge in [-0.3, -0.25) is 4.31 Å². The maximum atomic E-state index is 13.5. The van der Waals surface area contributed by atoms with E-state index in [0.717, 1.165) is 22.7 Å². The molecule has 3 atom stereocenters. The van der Waals surface area contributed by atoms with Crippen molar-refractivity contribution in [2.75, 3.05) is 16.2 Å². The highest BCUT2D eigenvalue weighted by molar-refractivity contribution is 7.92. The summed E-state index contributed by atoms with van der Waals surface area (Å²) in [6, 6.07) is 22.9. The molecular weight excluding hydrogens is 440 g/mol. The first-order chi connectivity index (χ1) is 15.5. The van der Waals surface area contributed by atoms with E-state index < -0.39 is 10.0 Å². The van der Waals surface area contributed by atoms with Crippen LogP contribution in [-0.2, 0) is 10.0 Å². The Morgan fingerprint density at radius 2 is 1.78 bits per heavy atom. The Kier molecular flexibility index (Phi) is 5.48. The zero-order valence-electron chi connectivity index (χ0n) is 17.8. The molecule has 3 aromatic rings. The first kappa shape index (κ1) is 21.1. The molecule has 0 saturated heterocycles. The average molecular weight is 465 g/mol. The number of para-hydroxylation sites is 1. The minimum absolute atomic E-state index is 0.152. The fourth-order valence-electron chi connectivity index (χ4n) is 4.95. The lowest BCUT2D eigenvalue weighted by Gasteiger charge is -2.38. The SMILES string of the molecule is CCN(c1ccccc1)S(=O)(=O)c1ccc2c(c1)C1C=CCC1C(c1ccc(Cl)cc1)N2. The van der Waals surface area contributed by atoms with Crippen molar-refractivity contribution in [3.8, 4) is 0 Å². The van der Waals surface area contributed by atoms with Crippen LogP contribution in [0.4, 0.5) is 11.4 Å². The minimum atomic E-state index is -3.67. The van der Waals surface area contributed by atoms with E-state index in [1.165, 1.54) is 9.87 Å². The van der Waals surface area contributed by atoms with Gasteiger partial charge in [0.15, 0.2) is 0 Å². The predicted octanol–water partition coefficient (Wildman–Crippen LogP) is 6.38. The van der Waals surface area contributed by atoms with Crippen LogP contribution in [0.5, 0.6) is 0 Å². The molecule has 3 unspecified atom stereocenters. The topological polar surface area (TPSA) is 49.4 Å². The van der Waals surface area contributed by atoms with E-state index in [1.807, 2.05) is 61.5 Å². The summed E-state index contributed by atoms with van der Waals surface area (Å²) in [5, 5.41) is 4.39. The third-order valence-corrected chi connectivity index (χ3v) is 8.63. The summed E-state index contributed by atoms with van der Waals surface area (Å²) in [5.41, 5.74) is 3.89. The number of benzene rings is 3. The van der Waals surface area contributed by atoms with Gasteiger partial charge in [0.1, 0.15) is 0 Å². The number of nitrogens with one attached hydrogen (secondary N) is 1. The van der Waals surface area contributed by atoms with Crippen molar-refractivity contribution < 1.29 is 8.42 Å². The van der Waals surface area contributed by atoms with Gasteiger partial charge >= 0.3 is 0 Å². The Morgan fingerprint density at radius 1 is 1.03 bits per heavy atom. The van der Waals surface area contributed by atoms with Gasteiger partial charge in [0.05, 0.1) is 16.6 Å². The summed E-state index contributed by atoms with van der Waals surface area (Å²) in [5.74, 6) is 0.506. The van der Waals surface area contributed by atoms with Crippen LogP contribution in [0, 0.1) is 5.92 Å². The smallest absolute Gasteiger partial charge is 0.264 e. The summed E-state index contributed by atoms with van der Waals surface area (Å²) in [4.78, 5) is 0.327. The Hall–Kier alpha value is -2.76. The molecule has 2 aliphatic rings. The van der Waals surface area contributed by atoms with Crippen LogP contribution in [0.15, 0.2) is 89.8 Å². The summed E-state index contributed by atoms with van der Waals surface area (Å²) in [6.45, 7) is 2.23. The van der Waals surface area contributed by atoms with Crippen LogP contribution in [0.1, 0.15) is 36.4 Å². The molecule has 0 radical (unpaired) electrons. The lowest BCUT2D eigenvalue weighted by atomic mass is 9.77. The van der Waals surface area contributed by atoms with Gasteiger partial charge in [-0.25, -0.2) is 8.42 Å². The number of nitrogens with zero attached hydrogens (tertiary/aromatic N) is 1. The molecule has 1 heterocycles. The number of halogens is 1. The molecule has 5 rings (SSSR count). The third kappa shape index (κ3) is 3.59. The molecule has 1 aliphatic carbocycles. The largest absolute Gasteiger partial charge is 0.378 e. The maximum Gasteiger partial charge on any atom is 0.264 e. The van der Waals surface area contributed by atoms with Gasteiger partial charge in [0, 0.05) is 23.2 Å². The van der Waals surface area contributed by atoms with E-state index in [-0.39, 0.29) is 12.0 Å². The van der Waals surface area contributed by atoms with Gasteiger partial charge < -0.3 is 5.32 Å². The molecular formula is C26H25ClN2O2S. The van der Waals surface area contributed by atoms with Gasteiger partial charge in [-0.1, -0.05) is 54.1 Å². The first-order valence-electron chi connectivity index (χ1n) is 10.9. The molecule has 0 spiro atoms. The van der Waals surface area contributed by atoms with Crippen molar-refractivity contribution >= 4 is 33.0 Å². The number of rotatable bonds is 5. The summed E-state index contributed by atoms with van der Waals surface area (Å²) in [7, 11) is -3.67. The average Bonchev–Trinajstić information content (AvgIpc) is 3.30. The van der Waals surface area contributed by atoms with Crippen LogP contribution in [-0.4, -0.2) is 15.0 Å². The maximum absolute atomic E-state index is 13.5. The van der Waals surface area contributed by atoms with E-state index in [0.29, 0.717) is 23.0 Å². The lowest BCUT2D eigenvalue weighted by Crippen LogP contribution is -2.32. The van der Waals surface area contributed by atoms with Crippen molar-refractivity contribution in [1.82, 2.24) is 0 Å². The molecule has 32 heavy (non-hydrogen) atoms. The fourth-order valence-corrected chi connectivity index (χ4v) is 6.58. The molecule has 6 heteroatoms. The zero-order chi connectivity index (χ0) is 22.3. The van der Waals surface area contributed by atoms with Crippen LogP contribution < -0.4 is 9.62 Å². The standard InChI is InChI=1S/C26H25ClN2O2S/c1-2-29(20-7-4-3-5-8-20)32(30,31)21-15-16-25-24(17-21)22-9-6-10-23(22)26(28-25)18-11-13-19(27)14-12-18/h3-9,11-17,22-23,26,28H,2,10H2,1H3. The van der Waals surface area contributed by atoms with Crippen LogP contribution in [0.25, 0.3) is 0 Å². The number of anilines is 2. The van der Waals surface area contributed by atoms with Gasteiger partial charge in [-0.05, 0) is 72.9 Å². The monoisotopic (exact) mass is 464 g/mol. The normalized spacial score (nSPS) is 21.5. The Labute approximate surface area is 194 Å². The van der Waals surface area contributed by atoms with Crippen molar-refractivity contribution in [1.29, 1.82) is 0 Å². The van der Waals surface area contributed by atoms with Gasteiger partial charge in [-0.15, -0.1) is 0 Å². The number of fused-ring (bicyclic) bond motifs is 3.